The number of aliphatic hydroxyl groups excluding tert-OH is 1. The molecule has 0 saturated carbocycles. The van der Waals surface area contributed by atoms with E-state index < -0.39 is 17.7 Å². The van der Waals surface area contributed by atoms with Gasteiger partial charge in [0.1, 0.15) is 11.6 Å². The molecule has 3 nitrogen and oxygen atoms in total. The van der Waals surface area contributed by atoms with E-state index in [1.54, 1.807) is 0 Å². The lowest BCUT2D eigenvalue weighted by Gasteiger charge is -2.14. The van der Waals surface area contributed by atoms with E-state index in [1.165, 1.54) is 0 Å². The number of hydrogen-bond acceptors (Lipinski definition) is 3. The lowest BCUT2D eigenvalue weighted by Crippen LogP contribution is -2.25. The van der Waals surface area contributed by atoms with E-state index in [9.17, 15) is 13.9 Å². The monoisotopic (exact) mass is 337 g/mol. The highest BCUT2D eigenvalue weighted by Gasteiger charge is 2.10. The van der Waals surface area contributed by atoms with Gasteiger partial charge in [0.05, 0.1) is 22.9 Å². The maximum Gasteiger partial charge on any atom is 0.147 e. The first kappa shape index (κ1) is 16.3. The summed E-state index contributed by atoms with van der Waals surface area (Å²) in [6.07, 6.45) is 1.20. The third kappa shape index (κ3) is 5.84. The molecule has 0 amide bonds. The topological polar surface area (TPSA) is 41.5 Å². The molecule has 0 aliphatic carbocycles. The van der Waals surface area contributed by atoms with Crippen molar-refractivity contribution in [2.75, 3.05) is 25.1 Å². The minimum Gasteiger partial charge on any atom is -0.389 e. The smallest absolute Gasteiger partial charge is 0.147 e. The second-order valence-electron chi connectivity index (χ2n) is 4.21. The van der Waals surface area contributed by atoms with Crippen LogP contribution in [0.2, 0.25) is 0 Å². The fourth-order valence-corrected chi connectivity index (χ4v) is 1.73. The molecule has 1 atom stereocenters. The van der Waals surface area contributed by atoms with Crippen molar-refractivity contribution in [2.45, 2.75) is 25.9 Å². The molecular weight excluding hydrogens is 320 g/mol. The Hall–Kier alpha value is -0.720. The summed E-state index contributed by atoms with van der Waals surface area (Å²) in [4.78, 5) is 0. The van der Waals surface area contributed by atoms with Crippen molar-refractivity contribution < 1.29 is 18.6 Å². The van der Waals surface area contributed by atoms with Crippen LogP contribution in [0.3, 0.4) is 0 Å². The lowest BCUT2D eigenvalue weighted by molar-refractivity contribution is 0.0421. The van der Waals surface area contributed by atoms with E-state index >= 15 is 0 Å². The summed E-state index contributed by atoms with van der Waals surface area (Å²) in [7, 11) is 0. The Balaban J connectivity index is 2.37. The van der Waals surface area contributed by atoms with Gasteiger partial charge in [0.2, 0.25) is 0 Å². The summed E-state index contributed by atoms with van der Waals surface area (Å²) in [6, 6.07) is 2.09. The number of halogens is 3. The quantitative estimate of drug-likeness (QED) is 0.564. The highest BCUT2D eigenvalue weighted by molar-refractivity contribution is 9.10. The molecular formula is C13H18BrF2NO2. The average molecular weight is 338 g/mol. The number of benzene rings is 1. The second kappa shape index (κ2) is 8.45. The molecule has 108 valence electrons. The van der Waals surface area contributed by atoms with Crippen LogP contribution >= 0.6 is 15.9 Å². The van der Waals surface area contributed by atoms with Crippen molar-refractivity contribution in [1.29, 1.82) is 0 Å². The number of hydrogen-bond donors (Lipinski definition) is 2. The molecule has 19 heavy (non-hydrogen) atoms. The third-order valence-electron chi connectivity index (χ3n) is 2.49. The van der Waals surface area contributed by atoms with E-state index in [-0.39, 0.29) is 23.3 Å². The van der Waals surface area contributed by atoms with Gasteiger partial charge in [0.25, 0.3) is 0 Å². The van der Waals surface area contributed by atoms with Crippen LogP contribution in [-0.2, 0) is 4.74 Å². The van der Waals surface area contributed by atoms with Crippen LogP contribution in [0.25, 0.3) is 0 Å². The van der Waals surface area contributed by atoms with Crippen LogP contribution in [-0.4, -0.2) is 31.0 Å². The molecule has 1 rings (SSSR count). The van der Waals surface area contributed by atoms with Gasteiger partial charge in [-0.05, 0) is 28.4 Å². The molecule has 0 aromatic heterocycles. The fraction of sp³-hybridized carbons (Fsp3) is 0.538. The van der Waals surface area contributed by atoms with Gasteiger partial charge in [-0.3, -0.25) is 0 Å². The van der Waals surface area contributed by atoms with Gasteiger partial charge in [-0.15, -0.1) is 0 Å². The molecule has 1 aromatic carbocycles. The summed E-state index contributed by atoms with van der Waals surface area (Å²) in [5.41, 5.74) is 0.0216. The number of anilines is 1. The number of ether oxygens (including phenoxy) is 1. The minimum absolute atomic E-state index is 0.0216. The second-order valence-corrected chi connectivity index (χ2v) is 5.06. The van der Waals surface area contributed by atoms with E-state index in [0.29, 0.717) is 6.61 Å². The molecule has 0 aliphatic heterocycles. The zero-order valence-electron chi connectivity index (χ0n) is 10.8. The van der Waals surface area contributed by atoms with Crippen molar-refractivity contribution in [3.05, 3.63) is 28.2 Å². The van der Waals surface area contributed by atoms with Crippen LogP contribution < -0.4 is 5.32 Å². The van der Waals surface area contributed by atoms with Crippen LogP contribution in [0.5, 0.6) is 0 Å². The first-order chi connectivity index (χ1) is 9.04. The first-order valence-corrected chi connectivity index (χ1v) is 6.98. The predicted molar refractivity (Wildman–Crippen MR) is 74.3 cm³/mol. The lowest BCUT2D eigenvalue weighted by atomic mass is 10.2. The van der Waals surface area contributed by atoms with E-state index in [0.717, 1.165) is 25.0 Å². The number of aliphatic hydroxyl groups is 1. The highest BCUT2D eigenvalue weighted by atomic mass is 79.9. The Labute approximate surface area is 120 Å². The van der Waals surface area contributed by atoms with Crippen molar-refractivity contribution in [2.24, 2.45) is 0 Å². The first-order valence-electron chi connectivity index (χ1n) is 6.18. The molecule has 0 spiro atoms. The normalized spacial score (nSPS) is 12.5. The fourth-order valence-electron chi connectivity index (χ4n) is 1.41. The van der Waals surface area contributed by atoms with Gasteiger partial charge in [-0.25, -0.2) is 8.78 Å². The SMILES string of the molecule is CCCCOCC(O)CNc1cc(F)c(Br)cc1F. The van der Waals surface area contributed by atoms with Gasteiger partial charge >= 0.3 is 0 Å². The molecule has 0 aliphatic rings. The standard InChI is InChI=1S/C13H18BrF2NO2/c1-2-3-4-19-8-9(18)7-17-13-6-11(15)10(14)5-12(13)16/h5-6,9,17-18H,2-4,7-8H2,1H3. The number of nitrogens with one attached hydrogen (secondary N) is 1. The maximum atomic E-state index is 13.5. The van der Waals surface area contributed by atoms with E-state index in [2.05, 4.69) is 21.2 Å². The molecule has 0 heterocycles. The molecule has 6 heteroatoms. The van der Waals surface area contributed by atoms with Crippen molar-refractivity contribution >= 4 is 21.6 Å². The summed E-state index contributed by atoms with van der Waals surface area (Å²) in [5, 5.41) is 12.3. The molecule has 2 N–H and O–H groups in total. The molecule has 0 radical (unpaired) electrons. The van der Waals surface area contributed by atoms with Gasteiger partial charge < -0.3 is 15.2 Å². The zero-order valence-corrected chi connectivity index (χ0v) is 12.3. The third-order valence-corrected chi connectivity index (χ3v) is 3.10. The van der Waals surface area contributed by atoms with Gasteiger partial charge in [0.15, 0.2) is 0 Å². The van der Waals surface area contributed by atoms with Crippen molar-refractivity contribution in [3.8, 4) is 0 Å². The van der Waals surface area contributed by atoms with Gasteiger partial charge in [0, 0.05) is 19.2 Å². The van der Waals surface area contributed by atoms with Crippen LogP contribution in [0, 0.1) is 11.6 Å². The number of unbranched alkanes of at least 4 members (excludes halogenated alkanes) is 1. The Morgan fingerprint density at radius 2 is 2.11 bits per heavy atom. The van der Waals surface area contributed by atoms with Crippen LogP contribution in [0.4, 0.5) is 14.5 Å². The van der Waals surface area contributed by atoms with Gasteiger partial charge in [-0.1, -0.05) is 13.3 Å². The molecule has 0 fully saturated rings. The number of rotatable bonds is 8. The summed E-state index contributed by atoms with van der Waals surface area (Å²) in [6.45, 7) is 2.92. The van der Waals surface area contributed by atoms with E-state index in [4.69, 9.17) is 4.74 Å². The Bertz CT molecular complexity index is 404. The van der Waals surface area contributed by atoms with Crippen molar-refractivity contribution in [3.63, 3.8) is 0 Å². The molecule has 1 aromatic rings. The summed E-state index contributed by atoms with van der Waals surface area (Å²) in [5.74, 6) is -1.13. The maximum absolute atomic E-state index is 13.5. The molecule has 0 bridgehead atoms. The minimum atomic E-state index is -0.761. The highest BCUT2D eigenvalue weighted by Crippen LogP contribution is 2.23. The average Bonchev–Trinajstić information content (AvgIpc) is 2.37. The zero-order chi connectivity index (χ0) is 14.3. The van der Waals surface area contributed by atoms with Crippen molar-refractivity contribution in [1.82, 2.24) is 0 Å². The van der Waals surface area contributed by atoms with Crippen LogP contribution in [0.15, 0.2) is 16.6 Å². The Morgan fingerprint density at radius 1 is 1.37 bits per heavy atom. The summed E-state index contributed by atoms with van der Waals surface area (Å²) >= 11 is 2.90. The molecule has 1 unspecified atom stereocenters. The summed E-state index contributed by atoms with van der Waals surface area (Å²) < 4.78 is 32.0. The van der Waals surface area contributed by atoms with E-state index in [1.807, 2.05) is 6.92 Å². The van der Waals surface area contributed by atoms with Gasteiger partial charge in [-0.2, -0.15) is 0 Å². The molecule has 0 saturated heterocycles. The largest absolute Gasteiger partial charge is 0.389 e. The Morgan fingerprint density at radius 3 is 2.79 bits per heavy atom. The predicted octanol–water partition coefficient (Wildman–Crippen LogP) is 3.32. The Kier molecular flexibility index (Phi) is 7.27. The van der Waals surface area contributed by atoms with Crippen LogP contribution in [0.1, 0.15) is 19.8 Å².